The average Bonchev–Trinajstić information content (AvgIpc) is 2.98. The van der Waals surface area contributed by atoms with E-state index in [1.807, 2.05) is 0 Å². The zero-order valence-electron chi connectivity index (χ0n) is 13.1. The van der Waals surface area contributed by atoms with Crippen LogP contribution >= 0.6 is 0 Å². The van der Waals surface area contributed by atoms with E-state index in [1.54, 1.807) is 0 Å². The smallest absolute Gasteiger partial charge is 0.0597 e. The van der Waals surface area contributed by atoms with Crippen LogP contribution in [0.2, 0.25) is 0 Å². The van der Waals surface area contributed by atoms with Gasteiger partial charge in [-0.3, -0.25) is 9.58 Å². The highest BCUT2D eigenvalue weighted by atomic mass is 15.3. The molecule has 3 heterocycles. The first-order chi connectivity index (χ1) is 9.69. The first kappa shape index (κ1) is 14.1. The number of nitrogens with one attached hydrogen (secondary N) is 1. The molecule has 3 rings (SSSR count). The average molecular weight is 276 g/mol. The van der Waals surface area contributed by atoms with E-state index in [-0.39, 0.29) is 0 Å². The second-order valence-corrected chi connectivity index (χ2v) is 6.42. The summed E-state index contributed by atoms with van der Waals surface area (Å²) in [5.41, 5.74) is 2.51. The Morgan fingerprint density at radius 1 is 1.30 bits per heavy atom. The lowest BCUT2D eigenvalue weighted by molar-refractivity contribution is 0.137. The quantitative estimate of drug-likeness (QED) is 0.896. The molecule has 2 fully saturated rings. The second kappa shape index (κ2) is 5.86. The van der Waals surface area contributed by atoms with Gasteiger partial charge in [0.15, 0.2) is 0 Å². The first-order valence-corrected chi connectivity index (χ1v) is 8.23. The zero-order valence-corrected chi connectivity index (χ0v) is 13.1. The maximum atomic E-state index is 4.58. The highest BCUT2D eigenvalue weighted by Crippen LogP contribution is 2.30. The van der Waals surface area contributed by atoms with Gasteiger partial charge in [0, 0.05) is 31.2 Å². The highest BCUT2D eigenvalue weighted by molar-refractivity contribution is 5.09. The topological polar surface area (TPSA) is 33.1 Å². The molecular formula is C16H28N4. The molecule has 2 aliphatic rings. The lowest BCUT2D eigenvalue weighted by atomic mass is 9.98. The van der Waals surface area contributed by atoms with Crippen molar-refractivity contribution in [1.82, 2.24) is 20.0 Å². The highest BCUT2D eigenvalue weighted by Gasteiger charge is 2.35. The number of aromatic nitrogens is 2. The van der Waals surface area contributed by atoms with Gasteiger partial charge >= 0.3 is 0 Å². The minimum atomic E-state index is 0.749. The van der Waals surface area contributed by atoms with Gasteiger partial charge in [0.1, 0.15) is 0 Å². The largest absolute Gasteiger partial charge is 0.311 e. The third-order valence-electron chi connectivity index (χ3n) is 5.02. The van der Waals surface area contributed by atoms with Gasteiger partial charge in [-0.05, 0) is 52.1 Å². The lowest BCUT2D eigenvalue weighted by Crippen LogP contribution is -2.48. The molecule has 1 aromatic rings. The van der Waals surface area contributed by atoms with Crippen molar-refractivity contribution in [3.8, 4) is 0 Å². The van der Waals surface area contributed by atoms with Crippen LogP contribution in [0.3, 0.4) is 0 Å². The van der Waals surface area contributed by atoms with E-state index in [4.69, 9.17) is 0 Å². The normalized spacial score (nSPS) is 29.3. The molecule has 0 amide bonds. The molecule has 2 bridgehead atoms. The fourth-order valence-corrected chi connectivity index (χ4v) is 4.03. The molecule has 0 aromatic carbocycles. The van der Waals surface area contributed by atoms with Gasteiger partial charge in [0.25, 0.3) is 0 Å². The van der Waals surface area contributed by atoms with Crippen LogP contribution in [0.1, 0.15) is 50.9 Å². The Morgan fingerprint density at radius 3 is 2.60 bits per heavy atom. The van der Waals surface area contributed by atoms with Gasteiger partial charge in [-0.15, -0.1) is 0 Å². The Kier molecular flexibility index (Phi) is 4.13. The molecule has 2 saturated heterocycles. The summed E-state index contributed by atoms with van der Waals surface area (Å²) in [7, 11) is 0. The number of rotatable bonds is 5. The Bertz CT molecular complexity index is 441. The van der Waals surface area contributed by atoms with Crippen molar-refractivity contribution in [2.45, 2.75) is 77.7 Å². The summed E-state index contributed by atoms with van der Waals surface area (Å²) < 4.78 is 2.16. The molecular weight excluding hydrogens is 248 g/mol. The molecule has 4 heteroatoms. The lowest BCUT2D eigenvalue weighted by Gasteiger charge is -2.37. The van der Waals surface area contributed by atoms with Crippen LogP contribution in [-0.4, -0.2) is 39.4 Å². The molecule has 2 atom stereocenters. The molecule has 0 radical (unpaired) electrons. The van der Waals surface area contributed by atoms with Gasteiger partial charge in [0.2, 0.25) is 0 Å². The van der Waals surface area contributed by atoms with Crippen LogP contribution in [0, 0.1) is 6.92 Å². The van der Waals surface area contributed by atoms with Gasteiger partial charge in [-0.1, -0.05) is 6.92 Å². The molecule has 112 valence electrons. The van der Waals surface area contributed by atoms with Crippen LogP contribution in [0.4, 0.5) is 0 Å². The standard InChI is InChI=1S/C16H28N4/c1-4-19(11-16-8-12(3)18-20(16)5-2)15-9-13-6-7-14(10-15)17-13/h8,13-15,17H,4-7,9-11H2,1-3H3. The van der Waals surface area contributed by atoms with E-state index in [0.717, 1.165) is 43.5 Å². The molecule has 0 aliphatic carbocycles. The zero-order chi connectivity index (χ0) is 14.1. The number of hydrogen-bond donors (Lipinski definition) is 1. The fraction of sp³-hybridized carbons (Fsp3) is 0.812. The van der Waals surface area contributed by atoms with E-state index < -0.39 is 0 Å². The van der Waals surface area contributed by atoms with Crippen LogP contribution in [0.15, 0.2) is 6.07 Å². The molecule has 0 spiro atoms. The van der Waals surface area contributed by atoms with Crippen molar-refractivity contribution in [3.63, 3.8) is 0 Å². The van der Waals surface area contributed by atoms with Crippen LogP contribution in [0.25, 0.3) is 0 Å². The maximum absolute atomic E-state index is 4.58. The molecule has 1 aromatic heterocycles. The SMILES string of the molecule is CCN(Cc1cc(C)nn1CC)C1CC2CCC(C1)N2. The Hall–Kier alpha value is -0.870. The molecule has 2 unspecified atom stereocenters. The van der Waals surface area contributed by atoms with E-state index in [9.17, 15) is 0 Å². The number of hydrogen-bond acceptors (Lipinski definition) is 3. The van der Waals surface area contributed by atoms with Crippen LogP contribution < -0.4 is 5.32 Å². The maximum Gasteiger partial charge on any atom is 0.0597 e. The van der Waals surface area contributed by atoms with Crippen molar-refractivity contribution in [3.05, 3.63) is 17.5 Å². The molecule has 0 saturated carbocycles. The second-order valence-electron chi connectivity index (χ2n) is 6.42. The summed E-state index contributed by atoms with van der Waals surface area (Å²) in [4.78, 5) is 2.66. The van der Waals surface area contributed by atoms with Gasteiger partial charge in [0.05, 0.1) is 11.4 Å². The number of fused-ring (bicyclic) bond motifs is 2. The van der Waals surface area contributed by atoms with Crippen molar-refractivity contribution in [1.29, 1.82) is 0 Å². The molecule has 20 heavy (non-hydrogen) atoms. The first-order valence-electron chi connectivity index (χ1n) is 8.23. The molecule has 4 nitrogen and oxygen atoms in total. The Labute approximate surface area is 122 Å². The van der Waals surface area contributed by atoms with E-state index >= 15 is 0 Å². The summed E-state index contributed by atoms with van der Waals surface area (Å²) in [5.74, 6) is 0. The van der Waals surface area contributed by atoms with Crippen molar-refractivity contribution < 1.29 is 0 Å². The van der Waals surface area contributed by atoms with Crippen LogP contribution in [0.5, 0.6) is 0 Å². The summed E-state index contributed by atoms with van der Waals surface area (Å²) >= 11 is 0. The Morgan fingerprint density at radius 2 is 2.00 bits per heavy atom. The summed E-state index contributed by atoms with van der Waals surface area (Å²) in [5, 5.41) is 8.33. The fourth-order valence-electron chi connectivity index (χ4n) is 4.03. The summed E-state index contributed by atoms with van der Waals surface area (Å²) in [6.07, 6.45) is 5.41. The molecule has 1 N–H and O–H groups in total. The van der Waals surface area contributed by atoms with E-state index in [2.05, 4.69) is 46.8 Å². The number of nitrogens with zero attached hydrogens (tertiary/aromatic N) is 3. The summed E-state index contributed by atoms with van der Waals surface area (Å²) in [6, 6.07) is 4.54. The minimum Gasteiger partial charge on any atom is -0.311 e. The van der Waals surface area contributed by atoms with Crippen LogP contribution in [-0.2, 0) is 13.1 Å². The van der Waals surface area contributed by atoms with Gasteiger partial charge in [-0.2, -0.15) is 5.10 Å². The van der Waals surface area contributed by atoms with Crippen molar-refractivity contribution >= 4 is 0 Å². The van der Waals surface area contributed by atoms with Gasteiger partial charge in [-0.25, -0.2) is 0 Å². The number of piperidine rings is 1. The predicted molar refractivity (Wildman–Crippen MR) is 81.7 cm³/mol. The van der Waals surface area contributed by atoms with Crippen molar-refractivity contribution in [2.75, 3.05) is 6.54 Å². The third kappa shape index (κ3) is 2.77. The van der Waals surface area contributed by atoms with E-state index in [0.29, 0.717) is 0 Å². The van der Waals surface area contributed by atoms with Crippen molar-refractivity contribution in [2.24, 2.45) is 0 Å². The number of aryl methyl sites for hydroxylation is 2. The third-order valence-corrected chi connectivity index (χ3v) is 5.02. The summed E-state index contributed by atoms with van der Waals surface area (Å²) in [6.45, 7) is 9.72. The minimum absolute atomic E-state index is 0.749. The Balaban J connectivity index is 1.70. The molecule has 2 aliphatic heterocycles. The van der Waals surface area contributed by atoms with Gasteiger partial charge < -0.3 is 5.32 Å². The van der Waals surface area contributed by atoms with E-state index in [1.165, 1.54) is 31.4 Å². The monoisotopic (exact) mass is 276 g/mol. The predicted octanol–water partition coefficient (Wildman–Crippen LogP) is 2.32.